The zero-order chi connectivity index (χ0) is 22.4. The number of hydroxylamine groups is 1. The van der Waals surface area contributed by atoms with Crippen LogP contribution in [0.2, 0.25) is 0 Å². The van der Waals surface area contributed by atoms with E-state index in [2.05, 4.69) is 30.6 Å². The summed E-state index contributed by atoms with van der Waals surface area (Å²) in [7, 11) is 0. The average Bonchev–Trinajstić information content (AvgIpc) is 2.76. The topological polar surface area (TPSA) is 81.7 Å². The van der Waals surface area contributed by atoms with E-state index in [0.29, 0.717) is 16.9 Å². The van der Waals surface area contributed by atoms with Crippen LogP contribution in [0.1, 0.15) is 22.8 Å². The number of nitrogens with zero attached hydrogens (tertiary/aromatic N) is 1. The molecule has 0 fully saturated rings. The van der Waals surface area contributed by atoms with E-state index >= 15 is 0 Å². The van der Waals surface area contributed by atoms with Crippen molar-refractivity contribution in [2.45, 2.75) is 29.4 Å². The molecule has 1 amide bonds. The van der Waals surface area contributed by atoms with Crippen LogP contribution in [0.4, 0.5) is 11.4 Å². The van der Waals surface area contributed by atoms with Gasteiger partial charge in [0.25, 0.3) is 5.91 Å². The van der Waals surface area contributed by atoms with Crippen molar-refractivity contribution < 1.29 is 70.9 Å². The van der Waals surface area contributed by atoms with Gasteiger partial charge in [-0.2, -0.15) is 5.06 Å². The van der Waals surface area contributed by atoms with Crippen molar-refractivity contribution in [1.29, 1.82) is 0 Å². The summed E-state index contributed by atoms with van der Waals surface area (Å²) in [5.74, 6) is -1.55. The van der Waals surface area contributed by atoms with E-state index in [1.54, 1.807) is 48.5 Å². The van der Waals surface area contributed by atoms with Gasteiger partial charge in [0, 0.05) is 21.0 Å². The van der Waals surface area contributed by atoms with Crippen LogP contribution in [0.5, 0.6) is 0 Å². The normalized spacial score (nSPS) is 11.2. The van der Waals surface area contributed by atoms with Crippen LogP contribution < -0.4 is 66.9 Å². The van der Waals surface area contributed by atoms with Crippen LogP contribution in [-0.4, -0.2) is 17.9 Å². The van der Waals surface area contributed by atoms with Gasteiger partial charge in [-0.1, -0.05) is 12.1 Å². The molecular weight excluding hydrogens is 471 g/mol. The Bertz CT molecular complexity index is 1050. The first-order valence-corrected chi connectivity index (χ1v) is 10.3. The van der Waals surface area contributed by atoms with Crippen molar-refractivity contribution in [3.8, 4) is 0 Å². The summed E-state index contributed by atoms with van der Waals surface area (Å²) in [4.78, 5) is 31.5. The molecule has 0 aromatic heterocycles. The molecule has 0 heterocycles. The van der Waals surface area contributed by atoms with Gasteiger partial charge < -0.3 is 15.2 Å². The first-order valence-electron chi connectivity index (χ1n) is 9.45. The Balaban J connectivity index is 0.00000363. The van der Waals surface area contributed by atoms with E-state index in [0.717, 1.165) is 15.4 Å². The number of rotatable bonds is 8. The van der Waals surface area contributed by atoms with Crippen LogP contribution in [0.15, 0.2) is 82.6 Å². The number of thiol groups is 2. The first-order chi connectivity index (χ1) is 14.8. The number of carbonyl (C=O) groups is 2. The number of carbonyl (C=O) groups excluding carboxylic acids is 2. The summed E-state index contributed by atoms with van der Waals surface area (Å²) in [6.07, 6.45) is 0. The minimum atomic E-state index is -1.20. The number of hydrogen-bond acceptors (Lipinski definition) is 7. The van der Waals surface area contributed by atoms with Gasteiger partial charge in [-0.05, 0) is 73.2 Å². The quantitative estimate of drug-likeness (QED) is 0.244. The molecule has 0 saturated carbocycles. The van der Waals surface area contributed by atoms with Gasteiger partial charge in [0.2, 0.25) is 0 Å². The van der Waals surface area contributed by atoms with Crippen molar-refractivity contribution in [3.63, 3.8) is 0 Å². The van der Waals surface area contributed by atoms with E-state index in [4.69, 9.17) is 4.84 Å². The van der Waals surface area contributed by atoms with Gasteiger partial charge in [-0.3, -0.25) is 9.63 Å². The maximum atomic E-state index is 13.1. The second-order valence-corrected chi connectivity index (χ2v) is 7.85. The summed E-state index contributed by atoms with van der Waals surface area (Å²) in [6.45, 7) is 1.66. The maximum absolute atomic E-state index is 13.1. The third kappa shape index (κ3) is 7.63. The largest absolute Gasteiger partial charge is 1.00 e. The van der Waals surface area contributed by atoms with Gasteiger partial charge in [-0.15, -0.1) is 25.3 Å². The van der Waals surface area contributed by atoms with Gasteiger partial charge in [-0.25, -0.2) is 0 Å². The Morgan fingerprint density at radius 2 is 1.47 bits per heavy atom. The number of anilines is 2. The van der Waals surface area contributed by atoms with Crippen molar-refractivity contribution in [3.05, 3.63) is 83.9 Å². The van der Waals surface area contributed by atoms with E-state index in [9.17, 15) is 14.7 Å². The van der Waals surface area contributed by atoms with Crippen molar-refractivity contribution in [2.24, 2.45) is 0 Å². The Hall–Kier alpha value is -1.30. The number of nitrogens with one attached hydrogen (secondary N) is 1. The van der Waals surface area contributed by atoms with Crippen LogP contribution in [0.3, 0.4) is 0 Å². The third-order valence-electron chi connectivity index (χ3n) is 4.43. The average molecular weight is 493 g/mol. The second-order valence-electron chi connectivity index (χ2n) is 6.82. The SMILES string of the molecule is CC(Nc1ccc(N(OCc2ccc(S)cc2)C(=O)c2ccc(S)cc2)cc1)C(=O)[O-].[K+]. The van der Waals surface area contributed by atoms with Crippen molar-refractivity contribution in [1.82, 2.24) is 0 Å². The molecule has 0 spiro atoms. The summed E-state index contributed by atoms with van der Waals surface area (Å²) in [5, 5.41) is 15.0. The number of aliphatic carboxylic acids is 1. The number of carboxylic acids is 1. The van der Waals surface area contributed by atoms with Crippen LogP contribution in [0, 0.1) is 0 Å². The molecule has 0 radical (unpaired) electrons. The van der Waals surface area contributed by atoms with Crippen LogP contribution in [0.25, 0.3) is 0 Å². The molecule has 0 aliphatic rings. The predicted molar refractivity (Wildman–Crippen MR) is 124 cm³/mol. The van der Waals surface area contributed by atoms with Crippen LogP contribution in [-0.2, 0) is 16.2 Å². The van der Waals surface area contributed by atoms with E-state index in [-0.39, 0.29) is 63.9 Å². The molecule has 32 heavy (non-hydrogen) atoms. The van der Waals surface area contributed by atoms with E-state index in [1.165, 1.54) is 12.0 Å². The monoisotopic (exact) mass is 492 g/mol. The zero-order valence-electron chi connectivity index (χ0n) is 17.7. The number of carboxylic acid groups (broad SMARTS) is 1. The van der Waals surface area contributed by atoms with E-state index in [1.807, 2.05) is 24.3 Å². The molecule has 6 nitrogen and oxygen atoms in total. The van der Waals surface area contributed by atoms with Crippen molar-refractivity contribution in [2.75, 3.05) is 10.4 Å². The number of amides is 1. The molecule has 3 rings (SSSR count). The van der Waals surface area contributed by atoms with E-state index < -0.39 is 12.0 Å². The summed E-state index contributed by atoms with van der Waals surface area (Å²) >= 11 is 8.53. The smallest absolute Gasteiger partial charge is 0.548 e. The Kier molecular flexibility index (Phi) is 10.8. The molecule has 9 heteroatoms. The fourth-order valence-corrected chi connectivity index (χ4v) is 3.00. The Morgan fingerprint density at radius 3 is 2.00 bits per heavy atom. The maximum Gasteiger partial charge on any atom is 1.00 e. The number of benzene rings is 3. The van der Waals surface area contributed by atoms with Gasteiger partial charge in [0.15, 0.2) is 0 Å². The Labute approximate surface area is 240 Å². The molecule has 0 bridgehead atoms. The Morgan fingerprint density at radius 1 is 0.938 bits per heavy atom. The fourth-order valence-electron chi connectivity index (χ4n) is 2.70. The van der Waals surface area contributed by atoms with Gasteiger partial charge in [0.1, 0.15) is 6.61 Å². The molecule has 0 saturated heterocycles. The zero-order valence-corrected chi connectivity index (χ0v) is 22.6. The molecule has 3 aromatic rings. The third-order valence-corrected chi connectivity index (χ3v) is 5.03. The second kappa shape index (κ2) is 12.8. The summed E-state index contributed by atoms with van der Waals surface area (Å²) in [6, 6.07) is 20.1. The standard InChI is InChI=1S/C23H22N2O4S2.K/c1-15(23(27)28)24-18-6-8-19(9-7-18)25(22(26)17-4-12-21(31)13-5-17)29-14-16-2-10-20(30)11-3-16;/h2-13,15,24,30-31H,14H2,1H3,(H,27,28);/q;+1/p-1. The fraction of sp³-hybridized carbons (Fsp3) is 0.130. The molecular formula is C23H21KN2O4S2. The van der Waals surface area contributed by atoms with Gasteiger partial charge in [0.05, 0.1) is 17.7 Å². The van der Waals surface area contributed by atoms with Crippen molar-refractivity contribution >= 4 is 48.5 Å². The minimum Gasteiger partial charge on any atom is -0.548 e. The molecule has 1 N–H and O–H groups in total. The molecule has 0 aliphatic carbocycles. The van der Waals surface area contributed by atoms with Crippen LogP contribution >= 0.6 is 25.3 Å². The molecule has 0 aliphatic heterocycles. The summed E-state index contributed by atoms with van der Waals surface area (Å²) in [5.41, 5.74) is 2.40. The first kappa shape index (κ1) is 26.9. The minimum absolute atomic E-state index is 0. The van der Waals surface area contributed by atoms with Gasteiger partial charge >= 0.3 is 51.4 Å². The molecule has 3 aromatic carbocycles. The molecule has 1 atom stereocenters. The summed E-state index contributed by atoms with van der Waals surface area (Å²) < 4.78 is 0. The molecule has 1 unspecified atom stereocenters. The number of hydrogen-bond donors (Lipinski definition) is 3. The predicted octanol–water partition coefficient (Wildman–Crippen LogP) is 0.597. The molecule has 160 valence electrons.